The maximum Gasteiger partial charge on any atom is 0.195 e. The van der Waals surface area contributed by atoms with Crippen molar-refractivity contribution >= 4 is 10.8 Å². The summed E-state index contributed by atoms with van der Waals surface area (Å²) in [6.07, 6.45) is 1.65. The van der Waals surface area contributed by atoms with Gasteiger partial charge in [-0.25, -0.2) is 26.3 Å². The minimum atomic E-state index is -1.55. The van der Waals surface area contributed by atoms with Gasteiger partial charge < -0.3 is 4.74 Å². The Kier molecular flexibility index (Phi) is 7.35. The van der Waals surface area contributed by atoms with Gasteiger partial charge in [0.05, 0.1) is 5.56 Å². The fraction of sp³-hybridized carbons (Fsp3) is 0.103. The van der Waals surface area contributed by atoms with Crippen LogP contribution in [0.3, 0.4) is 0 Å². The Hall–Kier alpha value is -4.18. The Labute approximate surface area is 203 Å². The van der Waals surface area contributed by atoms with Gasteiger partial charge >= 0.3 is 0 Å². The van der Waals surface area contributed by atoms with Crippen LogP contribution < -0.4 is 4.74 Å². The molecule has 0 radical (unpaired) electrons. The van der Waals surface area contributed by atoms with Crippen molar-refractivity contribution in [2.45, 2.75) is 12.8 Å². The van der Waals surface area contributed by atoms with Gasteiger partial charge in [-0.3, -0.25) is 0 Å². The number of hydrogen-bond acceptors (Lipinski definition) is 1. The Morgan fingerprint density at radius 3 is 2.17 bits per heavy atom. The summed E-state index contributed by atoms with van der Waals surface area (Å²) in [6, 6.07) is 11.4. The van der Waals surface area contributed by atoms with E-state index >= 15 is 0 Å². The maximum atomic E-state index is 14.6. The van der Waals surface area contributed by atoms with Gasteiger partial charge in [0.25, 0.3) is 0 Å². The van der Waals surface area contributed by atoms with Gasteiger partial charge in [0.2, 0.25) is 0 Å². The SMILES string of the molecule is C=CCOc1cc(F)c(CCc2ccc(C#Cc3ccc4c(F)c(F)c(F)cc4c3)c(F)c2)c(F)c1. The van der Waals surface area contributed by atoms with Crippen molar-refractivity contribution in [1.82, 2.24) is 0 Å². The van der Waals surface area contributed by atoms with E-state index in [-0.39, 0.29) is 47.1 Å². The molecule has 0 aliphatic rings. The van der Waals surface area contributed by atoms with Crippen LogP contribution in [0.15, 0.2) is 67.3 Å². The Bertz CT molecular complexity index is 1510. The lowest BCUT2D eigenvalue weighted by Gasteiger charge is -2.09. The highest BCUT2D eigenvalue weighted by Crippen LogP contribution is 2.25. The van der Waals surface area contributed by atoms with Gasteiger partial charge in [-0.15, -0.1) is 0 Å². The molecule has 0 aliphatic carbocycles. The Balaban J connectivity index is 1.49. The first-order chi connectivity index (χ1) is 17.3. The van der Waals surface area contributed by atoms with E-state index in [0.29, 0.717) is 11.1 Å². The molecule has 1 nitrogen and oxygen atoms in total. The largest absolute Gasteiger partial charge is 0.489 e. The highest BCUT2D eigenvalue weighted by atomic mass is 19.2. The molecule has 0 heterocycles. The Morgan fingerprint density at radius 1 is 0.722 bits per heavy atom. The molecule has 0 aromatic heterocycles. The number of fused-ring (bicyclic) bond motifs is 1. The van der Waals surface area contributed by atoms with Crippen LogP contribution in [0.4, 0.5) is 26.3 Å². The van der Waals surface area contributed by atoms with Gasteiger partial charge in [0.1, 0.15) is 29.8 Å². The molecule has 0 fully saturated rings. The minimum absolute atomic E-state index is 0.00860. The fourth-order valence-electron chi connectivity index (χ4n) is 3.66. The van der Waals surface area contributed by atoms with Crippen LogP contribution in [0.5, 0.6) is 5.75 Å². The highest BCUT2D eigenvalue weighted by Gasteiger charge is 2.14. The van der Waals surface area contributed by atoms with Gasteiger partial charge in [0.15, 0.2) is 17.5 Å². The fourth-order valence-corrected chi connectivity index (χ4v) is 3.66. The van der Waals surface area contributed by atoms with Gasteiger partial charge in [0, 0.05) is 28.6 Å². The topological polar surface area (TPSA) is 9.23 Å². The van der Waals surface area contributed by atoms with Gasteiger partial charge in [-0.2, -0.15) is 0 Å². The van der Waals surface area contributed by atoms with Crippen LogP contribution in [0.1, 0.15) is 22.3 Å². The molecule has 4 aromatic carbocycles. The molecule has 0 saturated carbocycles. The van der Waals surface area contributed by atoms with Crippen LogP contribution in [-0.2, 0) is 12.8 Å². The zero-order chi connectivity index (χ0) is 25.8. The van der Waals surface area contributed by atoms with Crippen molar-refractivity contribution in [3.63, 3.8) is 0 Å². The highest BCUT2D eigenvalue weighted by molar-refractivity contribution is 5.84. The molecule has 0 aliphatic heterocycles. The summed E-state index contributed by atoms with van der Waals surface area (Å²) in [5.41, 5.74) is 0.802. The van der Waals surface area contributed by atoms with E-state index in [1.165, 1.54) is 36.4 Å². The molecule has 36 heavy (non-hydrogen) atoms. The number of ether oxygens (including phenoxy) is 1. The zero-order valence-electron chi connectivity index (χ0n) is 18.8. The second-order valence-electron chi connectivity index (χ2n) is 7.95. The lowest BCUT2D eigenvalue weighted by molar-refractivity contribution is 0.357. The predicted octanol–water partition coefficient (Wildman–Crippen LogP) is 7.42. The number of halogens is 6. The van der Waals surface area contributed by atoms with Crippen molar-refractivity contribution in [2.75, 3.05) is 6.61 Å². The van der Waals surface area contributed by atoms with E-state index < -0.39 is 34.9 Å². The summed E-state index contributed by atoms with van der Waals surface area (Å²) >= 11 is 0. The van der Waals surface area contributed by atoms with Crippen molar-refractivity contribution in [1.29, 1.82) is 0 Å². The zero-order valence-corrected chi connectivity index (χ0v) is 18.8. The van der Waals surface area contributed by atoms with Gasteiger partial charge in [-0.05, 0) is 54.1 Å². The van der Waals surface area contributed by atoms with E-state index in [1.54, 1.807) is 6.07 Å². The molecule has 4 rings (SSSR count). The van der Waals surface area contributed by atoms with Crippen LogP contribution >= 0.6 is 0 Å². The third-order valence-electron chi connectivity index (χ3n) is 5.49. The first-order valence-electron chi connectivity index (χ1n) is 10.9. The summed E-state index contributed by atoms with van der Waals surface area (Å²) in [4.78, 5) is 0. The van der Waals surface area contributed by atoms with E-state index in [2.05, 4.69) is 18.4 Å². The minimum Gasteiger partial charge on any atom is -0.489 e. The summed E-state index contributed by atoms with van der Waals surface area (Å²) in [5, 5.41) is 0.0237. The molecule has 0 unspecified atom stereocenters. The molecule has 0 atom stereocenters. The quantitative estimate of drug-likeness (QED) is 0.117. The molecule has 182 valence electrons. The molecule has 0 amide bonds. The standard InChI is InChI=1S/C29H18F6O/c1-2-11-36-21-15-25(31)23(26(32)16-21)10-6-18-4-8-19(24(30)13-18)7-3-17-5-9-22-20(12-17)14-27(33)29(35)28(22)34/h2,4-5,8-9,12-16H,1,6,10-11H2. The summed E-state index contributed by atoms with van der Waals surface area (Å²) in [5.74, 6) is -0.882. The smallest absolute Gasteiger partial charge is 0.195 e. The third kappa shape index (κ3) is 5.38. The van der Waals surface area contributed by atoms with Crippen LogP contribution in [-0.4, -0.2) is 6.61 Å². The normalized spacial score (nSPS) is 10.7. The number of benzene rings is 4. The average Bonchev–Trinajstić information content (AvgIpc) is 2.85. The van der Waals surface area contributed by atoms with Crippen LogP contribution in [0, 0.1) is 46.7 Å². The third-order valence-corrected chi connectivity index (χ3v) is 5.49. The monoisotopic (exact) mass is 496 g/mol. The summed E-state index contributed by atoms with van der Waals surface area (Å²) in [6.45, 7) is 3.59. The first-order valence-corrected chi connectivity index (χ1v) is 10.9. The lowest BCUT2D eigenvalue weighted by atomic mass is 10.0. The molecular weight excluding hydrogens is 478 g/mol. The number of rotatable bonds is 6. The van der Waals surface area contributed by atoms with Crippen molar-refractivity contribution < 1.29 is 31.1 Å². The second-order valence-corrected chi connectivity index (χ2v) is 7.95. The molecular formula is C29H18F6O. The number of hydrogen-bond donors (Lipinski definition) is 0. The van der Waals surface area contributed by atoms with E-state index in [0.717, 1.165) is 18.2 Å². The lowest BCUT2D eigenvalue weighted by Crippen LogP contribution is -2.02. The summed E-state index contributed by atoms with van der Waals surface area (Å²) in [7, 11) is 0. The second kappa shape index (κ2) is 10.6. The van der Waals surface area contributed by atoms with E-state index in [9.17, 15) is 26.3 Å². The van der Waals surface area contributed by atoms with Crippen LogP contribution in [0.2, 0.25) is 0 Å². The van der Waals surface area contributed by atoms with Crippen LogP contribution in [0.25, 0.3) is 10.8 Å². The van der Waals surface area contributed by atoms with Crippen molar-refractivity contribution in [3.8, 4) is 17.6 Å². The predicted molar refractivity (Wildman–Crippen MR) is 126 cm³/mol. The Morgan fingerprint density at radius 2 is 1.47 bits per heavy atom. The molecule has 4 aromatic rings. The molecule has 0 N–H and O–H groups in total. The molecule has 7 heteroatoms. The summed E-state index contributed by atoms with van der Waals surface area (Å²) < 4.78 is 89.1. The average molecular weight is 496 g/mol. The van der Waals surface area contributed by atoms with Gasteiger partial charge in [-0.1, -0.05) is 36.6 Å². The molecule has 0 bridgehead atoms. The van der Waals surface area contributed by atoms with Crippen molar-refractivity contribution in [2.24, 2.45) is 0 Å². The first kappa shape index (κ1) is 24.9. The van der Waals surface area contributed by atoms with E-state index in [1.807, 2.05) is 0 Å². The molecule has 0 saturated heterocycles. The number of aryl methyl sites for hydroxylation is 1. The maximum absolute atomic E-state index is 14.6. The molecule has 0 spiro atoms. The van der Waals surface area contributed by atoms with Crippen molar-refractivity contribution in [3.05, 3.63) is 124 Å². The van der Waals surface area contributed by atoms with E-state index in [4.69, 9.17) is 4.74 Å².